The second-order valence-corrected chi connectivity index (χ2v) is 7.11. The molecule has 2 aliphatic rings. The lowest BCUT2D eigenvalue weighted by Gasteiger charge is -2.48. The van der Waals surface area contributed by atoms with E-state index in [1.807, 2.05) is 30.7 Å². The maximum absolute atomic E-state index is 13.0. The molecule has 1 spiro atoms. The van der Waals surface area contributed by atoms with Crippen LogP contribution < -0.4 is 5.32 Å². The molecule has 5 heteroatoms. The van der Waals surface area contributed by atoms with E-state index in [1.165, 1.54) is 0 Å². The first-order chi connectivity index (χ1) is 9.46. The Labute approximate surface area is 123 Å². The number of amides is 2. The fourth-order valence-corrected chi connectivity index (χ4v) is 3.87. The van der Waals surface area contributed by atoms with Crippen molar-refractivity contribution in [1.82, 2.24) is 10.2 Å². The zero-order chi connectivity index (χ0) is 14.4. The smallest absolute Gasteiger partial charge is 0.249 e. The number of piperazine rings is 1. The lowest BCUT2D eigenvalue weighted by molar-refractivity contribution is -0.161. The summed E-state index contributed by atoms with van der Waals surface area (Å²) < 4.78 is 0. The summed E-state index contributed by atoms with van der Waals surface area (Å²) in [5.41, 5.74) is -0.325. The highest BCUT2D eigenvalue weighted by atomic mass is 32.1. The standard InChI is InChI=1S/C15H20N2O2S/c1-14(2)12(18)16-15(6-3-4-7-15)13(19)17(14)9-11-5-8-20-10-11/h5,8,10H,3-4,6-7,9H2,1-2H3,(H,16,18). The van der Waals surface area contributed by atoms with Gasteiger partial charge in [-0.2, -0.15) is 11.3 Å². The van der Waals surface area contributed by atoms with E-state index in [0.29, 0.717) is 6.54 Å². The van der Waals surface area contributed by atoms with E-state index in [-0.39, 0.29) is 11.8 Å². The van der Waals surface area contributed by atoms with Crippen molar-refractivity contribution in [2.24, 2.45) is 0 Å². The molecule has 0 unspecified atom stereocenters. The largest absolute Gasteiger partial charge is 0.340 e. The Kier molecular flexibility index (Phi) is 3.12. The van der Waals surface area contributed by atoms with Crippen LogP contribution in [0.25, 0.3) is 0 Å². The van der Waals surface area contributed by atoms with Crippen molar-refractivity contribution in [3.8, 4) is 0 Å². The second kappa shape index (κ2) is 4.58. The van der Waals surface area contributed by atoms with Crippen molar-refractivity contribution in [3.05, 3.63) is 22.4 Å². The minimum Gasteiger partial charge on any atom is -0.340 e. The van der Waals surface area contributed by atoms with Crippen LogP contribution in [0.15, 0.2) is 16.8 Å². The fraction of sp³-hybridized carbons (Fsp3) is 0.600. The number of rotatable bonds is 2. The number of hydrogen-bond donors (Lipinski definition) is 1. The third kappa shape index (κ3) is 1.95. The van der Waals surface area contributed by atoms with Gasteiger partial charge in [0.1, 0.15) is 11.1 Å². The zero-order valence-electron chi connectivity index (χ0n) is 11.9. The summed E-state index contributed by atoms with van der Waals surface area (Å²) in [6, 6.07) is 2.02. The Morgan fingerprint density at radius 3 is 2.60 bits per heavy atom. The summed E-state index contributed by atoms with van der Waals surface area (Å²) in [5, 5.41) is 7.05. The molecule has 1 saturated heterocycles. The van der Waals surface area contributed by atoms with E-state index < -0.39 is 11.1 Å². The van der Waals surface area contributed by atoms with Crippen LogP contribution in [0.2, 0.25) is 0 Å². The molecule has 1 aliphatic heterocycles. The number of hydrogen-bond acceptors (Lipinski definition) is 3. The Morgan fingerprint density at radius 1 is 1.30 bits per heavy atom. The molecule has 0 radical (unpaired) electrons. The topological polar surface area (TPSA) is 49.4 Å². The molecule has 20 heavy (non-hydrogen) atoms. The molecule has 0 aromatic carbocycles. The molecule has 0 bridgehead atoms. The van der Waals surface area contributed by atoms with E-state index in [0.717, 1.165) is 31.2 Å². The molecule has 1 N–H and O–H groups in total. The average molecular weight is 292 g/mol. The van der Waals surface area contributed by atoms with Crippen molar-refractivity contribution < 1.29 is 9.59 Å². The quantitative estimate of drug-likeness (QED) is 0.909. The summed E-state index contributed by atoms with van der Waals surface area (Å²) in [5.74, 6) is 0.0556. The first-order valence-electron chi connectivity index (χ1n) is 7.11. The van der Waals surface area contributed by atoms with Gasteiger partial charge in [0, 0.05) is 6.54 Å². The number of nitrogens with one attached hydrogen (secondary N) is 1. The molecule has 4 nitrogen and oxygen atoms in total. The first kappa shape index (κ1) is 13.6. The Morgan fingerprint density at radius 2 is 2.00 bits per heavy atom. The Hall–Kier alpha value is -1.36. The van der Waals surface area contributed by atoms with Crippen LogP contribution in [-0.2, 0) is 16.1 Å². The van der Waals surface area contributed by atoms with Crippen molar-refractivity contribution in [1.29, 1.82) is 0 Å². The molecule has 1 aromatic rings. The molecule has 1 saturated carbocycles. The molecule has 0 atom stereocenters. The van der Waals surface area contributed by atoms with E-state index >= 15 is 0 Å². The molecule has 2 heterocycles. The molecule has 1 aliphatic carbocycles. The van der Waals surface area contributed by atoms with Crippen molar-refractivity contribution in [2.75, 3.05) is 0 Å². The third-order valence-electron chi connectivity index (χ3n) is 4.62. The van der Waals surface area contributed by atoms with Gasteiger partial charge in [-0.1, -0.05) is 12.8 Å². The van der Waals surface area contributed by atoms with Gasteiger partial charge in [0.25, 0.3) is 0 Å². The van der Waals surface area contributed by atoms with E-state index in [4.69, 9.17) is 0 Å². The highest BCUT2D eigenvalue weighted by Crippen LogP contribution is 2.38. The fourth-order valence-electron chi connectivity index (χ4n) is 3.21. The molecule has 2 fully saturated rings. The van der Waals surface area contributed by atoms with Gasteiger partial charge in [-0.05, 0) is 49.1 Å². The monoisotopic (exact) mass is 292 g/mol. The van der Waals surface area contributed by atoms with Crippen LogP contribution >= 0.6 is 11.3 Å². The second-order valence-electron chi connectivity index (χ2n) is 6.33. The predicted molar refractivity (Wildman–Crippen MR) is 78.3 cm³/mol. The van der Waals surface area contributed by atoms with Crippen molar-refractivity contribution in [2.45, 2.75) is 57.2 Å². The minimum atomic E-state index is -0.785. The predicted octanol–water partition coefficient (Wildman–Crippen LogP) is 2.30. The summed E-state index contributed by atoms with van der Waals surface area (Å²) >= 11 is 1.62. The molecule has 1 aromatic heterocycles. The zero-order valence-corrected chi connectivity index (χ0v) is 12.8. The molecular formula is C15H20N2O2S. The molecule has 108 valence electrons. The Bertz CT molecular complexity index is 530. The van der Waals surface area contributed by atoms with Gasteiger partial charge in [0.05, 0.1) is 0 Å². The van der Waals surface area contributed by atoms with Crippen LogP contribution in [0, 0.1) is 0 Å². The Balaban J connectivity index is 1.94. The van der Waals surface area contributed by atoms with E-state index in [1.54, 1.807) is 16.2 Å². The van der Waals surface area contributed by atoms with Gasteiger partial charge >= 0.3 is 0 Å². The van der Waals surface area contributed by atoms with Crippen LogP contribution in [0.4, 0.5) is 0 Å². The lowest BCUT2D eigenvalue weighted by Crippen LogP contribution is -2.73. The van der Waals surface area contributed by atoms with E-state index in [9.17, 15) is 9.59 Å². The van der Waals surface area contributed by atoms with Crippen molar-refractivity contribution >= 4 is 23.2 Å². The third-order valence-corrected chi connectivity index (χ3v) is 5.35. The average Bonchev–Trinajstić information content (AvgIpc) is 3.05. The first-order valence-corrected chi connectivity index (χ1v) is 8.06. The summed E-state index contributed by atoms with van der Waals surface area (Å²) in [4.78, 5) is 27.2. The highest BCUT2D eigenvalue weighted by molar-refractivity contribution is 7.07. The van der Waals surface area contributed by atoms with Gasteiger partial charge in [0.15, 0.2) is 0 Å². The summed E-state index contributed by atoms with van der Waals surface area (Å²) in [7, 11) is 0. The van der Waals surface area contributed by atoms with E-state index in [2.05, 4.69) is 5.32 Å². The molecule has 3 rings (SSSR count). The van der Waals surface area contributed by atoms with Gasteiger partial charge in [-0.3, -0.25) is 9.59 Å². The SMILES string of the molecule is CC1(C)C(=O)NC2(CCCC2)C(=O)N1Cc1ccsc1. The maximum atomic E-state index is 13.0. The van der Waals surface area contributed by atoms with Gasteiger partial charge in [0.2, 0.25) is 11.8 Å². The molecule has 2 amide bonds. The number of nitrogens with zero attached hydrogens (tertiary/aromatic N) is 1. The summed E-state index contributed by atoms with van der Waals surface area (Å²) in [6.07, 6.45) is 3.57. The minimum absolute atomic E-state index is 0.0331. The van der Waals surface area contributed by atoms with Gasteiger partial charge < -0.3 is 10.2 Å². The van der Waals surface area contributed by atoms with Gasteiger partial charge in [-0.15, -0.1) is 0 Å². The number of carbonyl (C=O) groups is 2. The number of carbonyl (C=O) groups excluding carboxylic acids is 2. The molecular weight excluding hydrogens is 272 g/mol. The maximum Gasteiger partial charge on any atom is 0.249 e. The lowest BCUT2D eigenvalue weighted by atomic mass is 9.85. The van der Waals surface area contributed by atoms with Crippen molar-refractivity contribution in [3.63, 3.8) is 0 Å². The summed E-state index contributed by atoms with van der Waals surface area (Å²) in [6.45, 7) is 4.17. The van der Waals surface area contributed by atoms with Gasteiger partial charge in [-0.25, -0.2) is 0 Å². The normalized spacial score (nSPS) is 24.2. The van der Waals surface area contributed by atoms with Crippen LogP contribution in [0.1, 0.15) is 45.1 Å². The van der Waals surface area contributed by atoms with Crippen LogP contribution in [0.3, 0.4) is 0 Å². The number of thiophene rings is 1. The highest BCUT2D eigenvalue weighted by Gasteiger charge is 2.55. The van der Waals surface area contributed by atoms with Crippen LogP contribution in [0.5, 0.6) is 0 Å². The van der Waals surface area contributed by atoms with Crippen LogP contribution in [-0.4, -0.2) is 27.8 Å².